The minimum atomic E-state index is -1.47. The Balaban J connectivity index is 4.47. The highest BCUT2D eigenvalue weighted by atomic mass is 16.5. The smallest absolute Gasteiger partial charge is 0.326 e. The molecular formula is C12H22N2O6. The summed E-state index contributed by atoms with van der Waals surface area (Å²) < 4.78 is 5.22. The normalized spacial score (nSPS) is 13.6. The summed E-state index contributed by atoms with van der Waals surface area (Å²) in [6, 6.07) is -2.47. The molecule has 8 nitrogen and oxygen atoms in total. The molecule has 0 aliphatic rings. The number of urea groups is 1. The van der Waals surface area contributed by atoms with Crippen molar-refractivity contribution in [1.29, 1.82) is 0 Å². The van der Waals surface area contributed by atoms with Crippen LogP contribution < -0.4 is 10.6 Å². The van der Waals surface area contributed by atoms with E-state index in [1.165, 1.54) is 0 Å². The zero-order valence-electron chi connectivity index (χ0n) is 11.9. The van der Waals surface area contributed by atoms with Crippen LogP contribution in [0.1, 0.15) is 27.2 Å². The molecule has 2 atom stereocenters. The predicted octanol–water partition coefficient (Wildman–Crippen LogP) is 0.275. The van der Waals surface area contributed by atoms with Gasteiger partial charge < -0.3 is 25.6 Å². The zero-order valence-corrected chi connectivity index (χ0v) is 11.9. The predicted molar refractivity (Wildman–Crippen MR) is 70.5 cm³/mol. The van der Waals surface area contributed by atoms with Gasteiger partial charge in [-0.2, -0.15) is 0 Å². The van der Waals surface area contributed by atoms with Crippen LogP contribution in [0.15, 0.2) is 0 Å². The van der Waals surface area contributed by atoms with Crippen molar-refractivity contribution in [2.45, 2.75) is 39.3 Å². The van der Waals surface area contributed by atoms with Gasteiger partial charge >= 0.3 is 18.0 Å². The van der Waals surface area contributed by atoms with Crippen molar-refractivity contribution in [3.05, 3.63) is 0 Å². The monoisotopic (exact) mass is 290 g/mol. The second-order valence-electron chi connectivity index (χ2n) is 4.62. The number of carboxylic acid groups (broad SMARTS) is 2. The van der Waals surface area contributed by atoms with Crippen LogP contribution in [0, 0.1) is 5.92 Å². The van der Waals surface area contributed by atoms with Gasteiger partial charge in [-0.15, -0.1) is 0 Å². The van der Waals surface area contributed by atoms with E-state index in [2.05, 4.69) is 10.6 Å². The summed E-state index contributed by atoms with van der Waals surface area (Å²) in [7, 11) is 0. The van der Waals surface area contributed by atoms with Crippen LogP contribution in [0.2, 0.25) is 0 Å². The third-order valence-electron chi connectivity index (χ3n) is 2.60. The Labute approximate surface area is 117 Å². The molecule has 116 valence electrons. The molecule has 2 amide bonds. The molecule has 0 saturated heterocycles. The van der Waals surface area contributed by atoms with Gasteiger partial charge in [0, 0.05) is 6.61 Å². The fourth-order valence-corrected chi connectivity index (χ4v) is 1.39. The molecule has 4 N–H and O–H groups in total. The van der Waals surface area contributed by atoms with Gasteiger partial charge in [-0.3, -0.25) is 4.79 Å². The first-order valence-corrected chi connectivity index (χ1v) is 6.37. The van der Waals surface area contributed by atoms with Crippen LogP contribution in [-0.4, -0.2) is 53.5 Å². The summed E-state index contributed by atoms with van der Waals surface area (Å²) in [5, 5.41) is 22.1. The third-order valence-corrected chi connectivity index (χ3v) is 2.60. The Morgan fingerprint density at radius 3 is 2.15 bits per heavy atom. The van der Waals surface area contributed by atoms with E-state index in [0.717, 1.165) is 0 Å². The van der Waals surface area contributed by atoms with E-state index in [1.54, 1.807) is 0 Å². The van der Waals surface area contributed by atoms with Gasteiger partial charge in [0.2, 0.25) is 0 Å². The standard InChI is InChI=1S/C12H22N2O6/c1-4-20-6-9(7(2)3)14-12(19)13-8(11(17)18)5-10(15)16/h7-9H,4-6H2,1-3H3,(H,15,16)(H,17,18)(H2,13,14,19). The summed E-state index contributed by atoms with van der Waals surface area (Å²) in [6.07, 6.45) is -0.680. The molecule has 2 unspecified atom stereocenters. The van der Waals surface area contributed by atoms with Gasteiger partial charge in [0.25, 0.3) is 0 Å². The van der Waals surface area contributed by atoms with Gasteiger partial charge in [0.05, 0.1) is 19.1 Å². The van der Waals surface area contributed by atoms with Crippen LogP contribution in [-0.2, 0) is 14.3 Å². The number of rotatable bonds is 9. The van der Waals surface area contributed by atoms with Crippen molar-refractivity contribution < 1.29 is 29.3 Å². The van der Waals surface area contributed by atoms with E-state index in [1.807, 2.05) is 20.8 Å². The number of hydrogen-bond acceptors (Lipinski definition) is 4. The summed E-state index contributed by atoms with van der Waals surface area (Å²) in [4.78, 5) is 33.0. The number of carbonyl (C=O) groups is 3. The summed E-state index contributed by atoms with van der Waals surface area (Å²) in [5.41, 5.74) is 0. The third kappa shape index (κ3) is 7.57. The molecule has 0 saturated carbocycles. The summed E-state index contributed by atoms with van der Waals surface area (Å²) in [5.74, 6) is -2.60. The maximum absolute atomic E-state index is 11.7. The lowest BCUT2D eigenvalue weighted by Gasteiger charge is -2.23. The highest BCUT2D eigenvalue weighted by Gasteiger charge is 2.24. The van der Waals surface area contributed by atoms with Crippen molar-refractivity contribution in [1.82, 2.24) is 10.6 Å². The van der Waals surface area contributed by atoms with Crippen LogP contribution in [0.3, 0.4) is 0 Å². The number of hydrogen-bond donors (Lipinski definition) is 4. The van der Waals surface area contributed by atoms with Crippen molar-refractivity contribution in [2.75, 3.05) is 13.2 Å². The van der Waals surface area contributed by atoms with E-state index >= 15 is 0 Å². The molecule has 0 spiro atoms. The molecular weight excluding hydrogens is 268 g/mol. The number of nitrogens with one attached hydrogen (secondary N) is 2. The molecule has 0 heterocycles. The first kappa shape index (κ1) is 18.2. The lowest BCUT2D eigenvalue weighted by Crippen LogP contribution is -2.52. The maximum Gasteiger partial charge on any atom is 0.326 e. The number of carboxylic acids is 2. The largest absolute Gasteiger partial charge is 0.481 e. The van der Waals surface area contributed by atoms with E-state index in [9.17, 15) is 14.4 Å². The maximum atomic E-state index is 11.7. The number of amides is 2. The molecule has 0 aliphatic heterocycles. The van der Waals surface area contributed by atoms with Crippen molar-refractivity contribution >= 4 is 18.0 Å². The number of ether oxygens (including phenoxy) is 1. The van der Waals surface area contributed by atoms with E-state index in [0.29, 0.717) is 13.2 Å². The van der Waals surface area contributed by atoms with Crippen LogP contribution in [0.4, 0.5) is 4.79 Å². The molecule has 0 fully saturated rings. The molecule has 8 heteroatoms. The van der Waals surface area contributed by atoms with Crippen LogP contribution in [0.25, 0.3) is 0 Å². The second-order valence-corrected chi connectivity index (χ2v) is 4.62. The average Bonchev–Trinajstić information content (AvgIpc) is 2.32. The molecule has 0 aliphatic carbocycles. The minimum Gasteiger partial charge on any atom is -0.481 e. The molecule has 0 radical (unpaired) electrons. The van der Waals surface area contributed by atoms with Crippen LogP contribution >= 0.6 is 0 Å². The van der Waals surface area contributed by atoms with Gasteiger partial charge in [0.1, 0.15) is 6.04 Å². The Hall–Kier alpha value is -1.83. The topological polar surface area (TPSA) is 125 Å². The Morgan fingerprint density at radius 1 is 1.15 bits per heavy atom. The van der Waals surface area contributed by atoms with Gasteiger partial charge in [-0.25, -0.2) is 9.59 Å². The first-order chi connectivity index (χ1) is 9.27. The van der Waals surface area contributed by atoms with Crippen molar-refractivity contribution in [3.8, 4) is 0 Å². The second kappa shape index (κ2) is 9.13. The Morgan fingerprint density at radius 2 is 1.75 bits per heavy atom. The fourth-order valence-electron chi connectivity index (χ4n) is 1.39. The van der Waals surface area contributed by atoms with Crippen molar-refractivity contribution in [2.24, 2.45) is 5.92 Å². The lowest BCUT2D eigenvalue weighted by atomic mass is 10.1. The highest BCUT2D eigenvalue weighted by molar-refractivity contribution is 5.86. The molecule has 0 aromatic carbocycles. The summed E-state index contributed by atoms with van der Waals surface area (Å²) >= 11 is 0. The fraction of sp³-hybridized carbons (Fsp3) is 0.750. The van der Waals surface area contributed by atoms with E-state index in [4.69, 9.17) is 14.9 Å². The lowest BCUT2D eigenvalue weighted by molar-refractivity contribution is -0.145. The average molecular weight is 290 g/mol. The molecule has 0 aromatic rings. The van der Waals surface area contributed by atoms with Crippen molar-refractivity contribution in [3.63, 3.8) is 0 Å². The summed E-state index contributed by atoms with van der Waals surface area (Å²) in [6.45, 7) is 6.40. The van der Waals surface area contributed by atoms with E-state index < -0.39 is 30.4 Å². The van der Waals surface area contributed by atoms with Gasteiger partial charge in [0.15, 0.2) is 0 Å². The van der Waals surface area contributed by atoms with Gasteiger partial charge in [-0.05, 0) is 12.8 Å². The molecule has 20 heavy (non-hydrogen) atoms. The first-order valence-electron chi connectivity index (χ1n) is 6.37. The minimum absolute atomic E-state index is 0.0926. The molecule has 0 aromatic heterocycles. The number of carbonyl (C=O) groups excluding carboxylic acids is 1. The SMILES string of the molecule is CCOCC(NC(=O)NC(CC(=O)O)C(=O)O)C(C)C. The highest BCUT2D eigenvalue weighted by Crippen LogP contribution is 2.02. The molecule has 0 rings (SSSR count). The Kier molecular flexibility index (Phi) is 8.30. The number of aliphatic carboxylic acids is 2. The zero-order chi connectivity index (χ0) is 15.7. The molecule has 0 bridgehead atoms. The quantitative estimate of drug-likeness (QED) is 0.483. The Bertz CT molecular complexity index is 345. The van der Waals surface area contributed by atoms with E-state index in [-0.39, 0.29) is 12.0 Å². The van der Waals surface area contributed by atoms with Gasteiger partial charge in [-0.1, -0.05) is 13.8 Å². The van der Waals surface area contributed by atoms with Crippen LogP contribution in [0.5, 0.6) is 0 Å².